The van der Waals surface area contributed by atoms with Crippen molar-refractivity contribution in [1.29, 1.82) is 0 Å². The molecule has 11 nitrogen and oxygen atoms in total. The van der Waals surface area contributed by atoms with Gasteiger partial charge in [-0.2, -0.15) is 15.1 Å². The number of carbonyl (C=O) groups excluding carboxylic acids is 1. The van der Waals surface area contributed by atoms with Crippen molar-refractivity contribution in [3.8, 4) is 0 Å². The van der Waals surface area contributed by atoms with Gasteiger partial charge >= 0.3 is 0 Å². The molecule has 1 atom stereocenters. The van der Waals surface area contributed by atoms with E-state index in [2.05, 4.69) is 25.8 Å². The van der Waals surface area contributed by atoms with Gasteiger partial charge in [0.05, 0.1) is 5.69 Å². The lowest BCUT2D eigenvalue weighted by molar-refractivity contribution is -0.120. The van der Waals surface area contributed by atoms with Crippen molar-refractivity contribution in [1.82, 2.24) is 29.5 Å². The van der Waals surface area contributed by atoms with Gasteiger partial charge in [-0.1, -0.05) is 0 Å². The summed E-state index contributed by atoms with van der Waals surface area (Å²) in [7, 11) is 0. The average Bonchev–Trinajstić information content (AvgIpc) is 3.20. The molecule has 1 aliphatic carbocycles. The second kappa shape index (κ2) is 7.72. The van der Waals surface area contributed by atoms with Crippen LogP contribution in [0.5, 0.6) is 0 Å². The number of pyridine rings is 1. The van der Waals surface area contributed by atoms with E-state index in [1.807, 2.05) is 40.6 Å². The maximum absolute atomic E-state index is 13.3. The van der Waals surface area contributed by atoms with Gasteiger partial charge in [0.25, 0.3) is 0 Å². The van der Waals surface area contributed by atoms with Gasteiger partial charge in [-0.15, -0.1) is 0 Å². The lowest BCUT2D eigenvalue weighted by Gasteiger charge is -2.34. The van der Waals surface area contributed by atoms with E-state index in [0.717, 1.165) is 17.8 Å². The quantitative estimate of drug-likeness (QED) is 0.348. The van der Waals surface area contributed by atoms with E-state index in [-0.39, 0.29) is 11.5 Å². The number of aromatic amines is 2. The minimum Gasteiger partial charge on any atom is -0.327 e. The fraction of sp³-hybridized carbons (Fsp3) is 0.348. The average molecular weight is 460 g/mol. The summed E-state index contributed by atoms with van der Waals surface area (Å²) in [6.45, 7) is 2.55. The van der Waals surface area contributed by atoms with E-state index < -0.39 is 5.54 Å². The molecule has 0 aromatic carbocycles. The highest BCUT2D eigenvalue weighted by atomic mass is 16.2. The van der Waals surface area contributed by atoms with Crippen LogP contribution in [0, 0.1) is 0 Å². The number of hydrogen-bond acceptors (Lipinski definition) is 7. The summed E-state index contributed by atoms with van der Waals surface area (Å²) in [5, 5.41) is 13.7. The van der Waals surface area contributed by atoms with Crippen LogP contribution in [0.15, 0.2) is 47.5 Å². The van der Waals surface area contributed by atoms with E-state index in [1.165, 1.54) is 25.1 Å². The Bertz CT molecular complexity index is 1410. The van der Waals surface area contributed by atoms with Crippen LogP contribution in [0.3, 0.4) is 0 Å². The molecule has 34 heavy (non-hydrogen) atoms. The zero-order chi connectivity index (χ0) is 23.3. The molecule has 2 fully saturated rings. The lowest BCUT2D eigenvalue weighted by atomic mass is 9.97. The molecule has 1 aliphatic heterocycles. The minimum absolute atomic E-state index is 0.174. The zero-order valence-electron chi connectivity index (χ0n) is 18.7. The molecule has 0 spiro atoms. The van der Waals surface area contributed by atoms with E-state index in [4.69, 9.17) is 9.97 Å². The molecule has 6 rings (SSSR count). The van der Waals surface area contributed by atoms with Crippen LogP contribution < -0.4 is 21.1 Å². The van der Waals surface area contributed by atoms with Crippen LogP contribution in [-0.2, 0) is 4.79 Å². The Morgan fingerprint density at radius 3 is 2.91 bits per heavy atom. The molecular weight excluding hydrogens is 434 g/mol. The summed E-state index contributed by atoms with van der Waals surface area (Å²) in [4.78, 5) is 38.8. The second-order valence-electron chi connectivity index (χ2n) is 9.12. The summed E-state index contributed by atoms with van der Waals surface area (Å²) in [5.74, 6) is 2.15. The second-order valence-corrected chi connectivity index (χ2v) is 9.12. The van der Waals surface area contributed by atoms with Crippen molar-refractivity contribution in [2.24, 2.45) is 0 Å². The molecule has 11 heteroatoms. The molecule has 0 unspecified atom stereocenters. The Morgan fingerprint density at radius 2 is 2.12 bits per heavy atom. The van der Waals surface area contributed by atoms with Gasteiger partial charge in [0.2, 0.25) is 23.4 Å². The summed E-state index contributed by atoms with van der Waals surface area (Å²) in [6.07, 6.45) is 7.25. The molecule has 1 amide bonds. The number of nitrogens with one attached hydrogen (secondary N) is 4. The van der Waals surface area contributed by atoms with Crippen LogP contribution in [0.2, 0.25) is 0 Å². The molecule has 174 valence electrons. The molecule has 4 aromatic rings. The molecular formula is C23H25N9O2. The Labute approximate surface area is 194 Å². The molecule has 1 saturated heterocycles. The predicted octanol–water partition coefficient (Wildman–Crippen LogP) is 2.76. The smallest absolute Gasteiger partial charge is 0.250 e. The van der Waals surface area contributed by atoms with Crippen molar-refractivity contribution in [3.05, 3.63) is 58.8 Å². The zero-order valence-corrected chi connectivity index (χ0v) is 18.7. The largest absolute Gasteiger partial charge is 0.327 e. The number of H-pyrrole nitrogens is 2. The van der Waals surface area contributed by atoms with Crippen LogP contribution in [0.1, 0.15) is 44.2 Å². The SMILES string of the molecule is C[C@@]1(C(=O)Nc2ccc(=O)[nH]c2)CCCN1c1nc(Nc2cc(C3CC3)[nH]n2)n2cccc2n1. The first-order valence-corrected chi connectivity index (χ1v) is 11.4. The van der Waals surface area contributed by atoms with Gasteiger partial charge in [-0.05, 0) is 50.8 Å². The van der Waals surface area contributed by atoms with Crippen molar-refractivity contribution in [2.45, 2.75) is 44.1 Å². The number of hydrogen-bond donors (Lipinski definition) is 4. The third kappa shape index (κ3) is 3.58. The number of aromatic nitrogens is 6. The van der Waals surface area contributed by atoms with E-state index in [1.54, 1.807) is 6.07 Å². The molecule has 1 saturated carbocycles. The molecule has 2 aliphatic rings. The number of amides is 1. The minimum atomic E-state index is -0.843. The number of fused-ring (bicyclic) bond motifs is 1. The third-order valence-electron chi connectivity index (χ3n) is 6.64. The van der Waals surface area contributed by atoms with Crippen LogP contribution in [0.25, 0.3) is 5.65 Å². The van der Waals surface area contributed by atoms with Gasteiger partial charge in [0, 0.05) is 42.7 Å². The third-order valence-corrected chi connectivity index (χ3v) is 6.64. The van der Waals surface area contributed by atoms with Gasteiger partial charge in [0.1, 0.15) is 11.2 Å². The summed E-state index contributed by atoms with van der Waals surface area (Å²) < 4.78 is 1.86. The van der Waals surface area contributed by atoms with Crippen LogP contribution in [0.4, 0.5) is 23.4 Å². The predicted molar refractivity (Wildman–Crippen MR) is 128 cm³/mol. The normalized spacial score (nSPS) is 20.1. The first-order valence-electron chi connectivity index (χ1n) is 11.4. The first-order chi connectivity index (χ1) is 16.5. The number of nitrogens with zero attached hydrogens (tertiary/aromatic N) is 5. The van der Waals surface area contributed by atoms with Gasteiger partial charge in [-0.25, -0.2) is 0 Å². The highest BCUT2D eigenvalue weighted by Gasteiger charge is 2.45. The van der Waals surface area contributed by atoms with E-state index >= 15 is 0 Å². The highest BCUT2D eigenvalue weighted by Crippen LogP contribution is 2.40. The van der Waals surface area contributed by atoms with Crippen molar-refractivity contribution >= 4 is 35.0 Å². The Kier molecular flexibility index (Phi) is 4.64. The maximum atomic E-state index is 13.3. The summed E-state index contributed by atoms with van der Waals surface area (Å²) in [6, 6.07) is 8.81. The maximum Gasteiger partial charge on any atom is 0.250 e. The van der Waals surface area contributed by atoms with Gasteiger partial charge in [0.15, 0.2) is 5.82 Å². The standard InChI is InChI=1S/C23H25N9O2/c1-23(20(34)25-15-7-8-19(33)24-13-15)9-3-11-32(23)22-27-18-4-2-10-31(18)21(28-22)26-17-12-16(29-30-17)14-5-6-14/h2,4,7-8,10,12-14H,3,5-6,9,11H2,1H3,(H,24,33)(H,25,34)(H2,26,27,28,29,30)/t23-/m0/s1. The van der Waals surface area contributed by atoms with E-state index in [9.17, 15) is 9.59 Å². The first kappa shape index (κ1) is 20.5. The Hall–Kier alpha value is -4.15. The lowest BCUT2D eigenvalue weighted by Crippen LogP contribution is -2.51. The van der Waals surface area contributed by atoms with Crippen LogP contribution in [-0.4, -0.2) is 47.5 Å². The van der Waals surface area contributed by atoms with Crippen LogP contribution >= 0.6 is 0 Å². The molecule has 5 heterocycles. The Morgan fingerprint density at radius 1 is 1.24 bits per heavy atom. The molecule has 0 radical (unpaired) electrons. The van der Waals surface area contributed by atoms with Gasteiger partial charge < -0.3 is 20.5 Å². The highest BCUT2D eigenvalue weighted by molar-refractivity contribution is 6.00. The summed E-state index contributed by atoms with van der Waals surface area (Å²) >= 11 is 0. The van der Waals surface area contributed by atoms with Crippen molar-refractivity contribution < 1.29 is 4.79 Å². The van der Waals surface area contributed by atoms with Crippen molar-refractivity contribution in [3.63, 3.8) is 0 Å². The van der Waals surface area contributed by atoms with Gasteiger partial charge in [-0.3, -0.25) is 19.1 Å². The number of anilines is 4. The number of carbonyl (C=O) groups is 1. The Balaban J connectivity index is 1.31. The van der Waals surface area contributed by atoms with Crippen molar-refractivity contribution in [2.75, 3.05) is 22.1 Å². The fourth-order valence-corrected chi connectivity index (χ4v) is 4.52. The number of rotatable bonds is 6. The molecule has 0 bridgehead atoms. The monoisotopic (exact) mass is 459 g/mol. The molecule has 4 N–H and O–H groups in total. The molecule has 4 aromatic heterocycles. The van der Waals surface area contributed by atoms with E-state index in [0.29, 0.717) is 42.3 Å². The topological polar surface area (TPSA) is 136 Å². The summed E-state index contributed by atoms with van der Waals surface area (Å²) in [5.41, 5.74) is 1.33. The fourth-order valence-electron chi connectivity index (χ4n) is 4.52.